The Bertz CT molecular complexity index is 1780. The molecule has 6 atom stereocenters. The molecule has 47 heavy (non-hydrogen) atoms. The second-order valence-corrected chi connectivity index (χ2v) is 14.6. The van der Waals surface area contributed by atoms with Crippen LogP contribution in [-0.2, 0) is 4.79 Å². The van der Waals surface area contributed by atoms with E-state index >= 15 is 0 Å². The van der Waals surface area contributed by atoms with E-state index < -0.39 is 7.92 Å². The number of amides is 2. The Morgan fingerprint density at radius 3 is 2.00 bits per heavy atom. The fraction of sp³-hybridized carbons (Fsp3) is 0.190. The van der Waals surface area contributed by atoms with Gasteiger partial charge in [0.25, 0.3) is 11.8 Å². The topological polar surface area (TPSA) is 58.2 Å². The highest BCUT2D eigenvalue weighted by Crippen LogP contribution is 2.59. The lowest BCUT2D eigenvalue weighted by molar-refractivity contribution is -0.113. The quantitative estimate of drug-likeness (QED) is 0.182. The number of anilines is 1. The first kappa shape index (κ1) is 32.2. The number of hydrogen-bond acceptors (Lipinski definition) is 2. The molecule has 2 N–H and O–H groups in total. The molecule has 0 saturated carbocycles. The summed E-state index contributed by atoms with van der Waals surface area (Å²) in [6.45, 7) is 4.50. The van der Waals surface area contributed by atoms with Crippen molar-refractivity contribution < 1.29 is 9.59 Å². The van der Waals surface area contributed by atoms with Gasteiger partial charge in [-0.05, 0) is 61.1 Å². The summed E-state index contributed by atoms with van der Waals surface area (Å²) in [7, 11) is -1.16. The summed E-state index contributed by atoms with van der Waals surface area (Å²) in [5, 5.41) is 8.52. The molecular formula is C42H41N2O2P. The van der Waals surface area contributed by atoms with Gasteiger partial charge in [-0.1, -0.05) is 153 Å². The van der Waals surface area contributed by atoms with Crippen LogP contribution in [0.5, 0.6) is 0 Å². The highest BCUT2D eigenvalue weighted by molar-refractivity contribution is 7.70. The van der Waals surface area contributed by atoms with Crippen LogP contribution in [0.25, 0.3) is 0 Å². The molecule has 3 aliphatic rings. The van der Waals surface area contributed by atoms with Crippen LogP contribution in [0.4, 0.5) is 5.69 Å². The molecule has 0 heterocycles. The molecule has 5 heteroatoms. The minimum atomic E-state index is -1.16. The van der Waals surface area contributed by atoms with Crippen LogP contribution in [0.15, 0.2) is 174 Å². The molecular weight excluding hydrogens is 595 g/mol. The Labute approximate surface area is 279 Å². The zero-order valence-corrected chi connectivity index (χ0v) is 27.8. The summed E-state index contributed by atoms with van der Waals surface area (Å²) in [6, 6.07) is 29.2. The van der Waals surface area contributed by atoms with E-state index in [0.717, 1.165) is 11.7 Å². The van der Waals surface area contributed by atoms with Crippen molar-refractivity contribution in [2.24, 2.45) is 23.7 Å². The number of nitrogens with one attached hydrogen (secondary N) is 2. The van der Waals surface area contributed by atoms with Gasteiger partial charge in [0.2, 0.25) is 0 Å². The zero-order valence-electron chi connectivity index (χ0n) is 26.9. The van der Waals surface area contributed by atoms with Crippen molar-refractivity contribution in [2.75, 3.05) is 5.32 Å². The molecule has 6 unspecified atom stereocenters. The van der Waals surface area contributed by atoms with E-state index in [0.29, 0.717) is 22.9 Å². The van der Waals surface area contributed by atoms with E-state index in [2.05, 4.69) is 116 Å². The summed E-state index contributed by atoms with van der Waals surface area (Å²) in [4.78, 5) is 28.8. The van der Waals surface area contributed by atoms with E-state index in [4.69, 9.17) is 0 Å². The van der Waals surface area contributed by atoms with Crippen LogP contribution in [0.3, 0.4) is 0 Å². The van der Waals surface area contributed by atoms with E-state index in [-0.39, 0.29) is 35.2 Å². The number of carbonyl (C=O) groups is 2. The van der Waals surface area contributed by atoms with Gasteiger partial charge in [0.05, 0.1) is 0 Å². The van der Waals surface area contributed by atoms with Gasteiger partial charge < -0.3 is 10.6 Å². The van der Waals surface area contributed by atoms with Gasteiger partial charge >= 0.3 is 0 Å². The predicted molar refractivity (Wildman–Crippen MR) is 196 cm³/mol. The van der Waals surface area contributed by atoms with Crippen molar-refractivity contribution in [2.45, 2.75) is 25.9 Å². The molecule has 4 nitrogen and oxygen atoms in total. The first-order valence-corrected chi connectivity index (χ1v) is 17.8. The third-order valence-corrected chi connectivity index (χ3v) is 12.2. The van der Waals surface area contributed by atoms with Crippen molar-refractivity contribution in [3.05, 3.63) is 180 Å². The summed E-state index contributed by atoms with van der Waals surface area (Å²) in [6.07, 6.45) is 24.9. The SMILES string of the molecule is CC1C=CC=CC1C1=CC=CCC1/C(=C(/NC(=O)c1ccccc1)C(=O)Nc1ccccc1)P(c1ccccc1)C1C=CC=CC1C. The number of carbonyl (C=O) groups excluding carboxylic acids is 2. The third-order valence-electron chi connectivity index (χ3n) is 9.08. The smallest absolute Gasteiger partial charge is 0.272 e. The lowest BCUT2D eigenvalue weighted by Crippen LogP contribution is -2.36. The number of benzene rings is 3. The van der Waals surface area contributed by atoms with Crippen LogP contribution in [0, 0.1) is 23.7 Å². The molecule has 0 bridgehead atoms. The van der Waals surface area contributed by atoms with Crippen molar-refractivity contribution in [1.29, 1.82) is 0 Å². The lowest BCUT2D eigenvalue weighted by Gasteiger charge is -2.40. The highest BCUT2D eigenvalue weighted by atomic mass is 31.1. The Morgan fingerprint density at radius 1 is 0.702 bits per heavy atom. The molecule has 0 aromatic heterocycles. The van der Waals surface area contributed by atoms with Crippen molar-refractivity contribution in [3.63, 3.8) is 0 Å². The average Bonchev–Trinajstić information content (AvgIpc) is 3.11. The zero-order chi connectivity index (χ0) is 32.6. The van der Waals surface area contributed by atoms with E-state index in [1.54, 1.807) is 12.1 Å². The van der Waals surface area contributed by atoms with Crippen LogP contribution in [0.1, 0.15) is 30.6 Å². The third kappa shape index (κ3) is 7.45. The van der Waals surface area contributed by atoms with Crippen LogP contribution in [-0.4, -0.2) is 17.5 Å². The molecule has 3 aromatic carbocycles. The highest BCUT2D eigenvalue weighted by Gasteiger charge is 2.40. The van der Waals surface area contributed by atoms with Gasteiger partial charge in [0.1, 0.15) is 5.70 Å². The van der Waals surface area contributed by atoms with E-state index in [9.17, 15) is 9.59 Å². The summed E-state index contributed by atoms with van der Waals surface area (Å²) < 4.78 is 0. The fourth-order valence-corrected chi connectivity index (χ4v) is 9.94. The van der Waals surface area contributed by atoms with Gasteiger partial charge in [-0.2, -0.15) is 0 Å². The van der Waals surface area contributed by atoms with Crippen LogP contribution < -0.4 is 15.9 Å². The molecule has 0 saturated heterocycles. The maximum atomic E-state index is 14.7. The fourth-order valence-electron chi connectivity index (χ4n) is 6.67. The van der Waals surface area contributed by atoms with Gasteiger partial charge in [-0.15, -0.1) is 0 Å². The van der Waals surface area contributed by atoms with E-state index in [1.807, 2.05) is 54.6 Å². The largest absolute Gasteiger partial charge is 0.321 e. The molecule has 0 spiro atoms. The van der Waals surface area contributed by atoms with Gasteiger partial charge in [-0.3, -0.25) is 9.59 Å². The summed E-state index contributed by atoms with van der Waals surface area (Å²) >= 11 is 0. The second-order valence-electron chi connectivity index (χ2n) is 12.3. The molecule has 0 radical (unpaired) electrons. The molecule has 0 aliphatic heterocycles. The molecule has 3 aliphatic carbocycles. The normalized spacial score (nSPS) is 24.2. The second kappa shape index (κ2) is 15.2. The Morgan fingerprint density at radius 2 is 1.32 bits per heavy atom. The Balaban J connectivity index is 1.61. The molecule has 0 fully saturated rings. The number of rotatable bonds is 9. The standard InChI is InChI=1S/C42H41N2O2P/c1-30-18-12-14-26-35(30)36-27-15-16-28-37(36)40(47(34-24-10-5-11-25-34)38-29-17-13-19-31(38)2)39(42(46)43-33-22-8-4-9-23-33)44-41(45)32-20-6-3-7-21-32/h3-27,29-31,35,37-38H,28H2,1-2H3,(H,43,46)(H,44,45)/b40-39-. The molecule has 3 aromatic rings. The first-order chi connectivity index (χ1) is 23.0. The Kier molecular flexibility index (Phi) is 10.4. The maximum absolute atomic E-state index is 14.7. The number of para-hydroxylation sites is 1. The molecule has 6 rings (SSSR count). The maximum Gasteiger partial charge on any atom is 0.272 e. The molecule has 236 valence electrons. The predicted octanol–water partition coefficient (Wildman–Crippen LogP) is 9.09. The summed E-state index contributed by atoms with van der Waals surface area (Å²) in [5.41, 5.74) is 2.90. The van der Waals surface area contributed by atoms with Crippen LogP contribution >= 0.6 is 7.92 Å². The number of allylic oxidation sites excluding steroid dienone is 13. The monoisotopic (exact) mass is 636 g/mol. The minimum Gasteiger partial charge on any atom is -0.321 e. The molecule has 2 amide bonds. The first-order valence-electron chi connectivity index (χ1n) is 16.4. The lowest BCUT2D eigenvalue weighted by atomic mass is 9.75. The van der Waals surface area contributed by atoms with E-state index in [1.165, 1.54) is 10.9 Å². The summed E-state index contributed by atoms with van der Waals surface area (Å²) in [5.74, 6) is -0.0341. The van der Waals surface area contributed by atoms with Gasteiger partial charge in [-0.25, -0.2) is 0 Å². The average molecular weight is 637 g/mol. The van der Waals surface area contributed by atoms with Gasteiger partial charge in [0, 0.05) is 28.7 Å². The Hall–Kier alpha value is -4.79. The minimum absolute atomic E-state index is 0.103. The van der Waals surface area contributed by atoms with Crippen molar-refractivity contribution in [1.82, 2.24) is 5.32 Å². The number of hydrogen-bond donors (Lipinski definition) is 2. The van der Waals surface area contributed by atoms with Gasteiger partial charge in [0.15, 0.2) is 0 Å². The van der Waals surface area contributed by atoms with Crippen molar-refractivity contribution >= 4 is 30.7 Å². The van der Waals surface area contributed by atoms with Crippen molar-refractivity contribution in [3.8, 4) is 0 Å². The van der Waals surface area contributed by atoms with Crippen LogP contribution in [0.2, 0.25) is 0 Å².